The topological polar surface area (TPSA) is 34.1 Å². The van der Waals surface area contributed by atoms with Crippen molar-refractivity contribution in [1.29, 1.82) is 0 Å². The zero-order valence-corrected chi connectivity index (χ0v) is 17.4. The summed E-state index contributed by atoms with van der Waals surface area (Å²) in [5.41, 5.74) is 6.14. The smallest absolute Gasteiger partial charge is 0.159 e. The van der Waals surface area contributed by atoms with Gasteiger partial charge in [0.25, 0.3) is 0 Å². The van der Waals surface area contributed by atoms with Crippen molar-refractivity contribution in [3.8, 4) is 0 Å². The molecule has 0 aromatic heterocycles. The van der Waals surface area contributed by atoms with Crippen molar-refractivity contribution in [2.24, 2.45) is 0 Å². The number of halogens is 1. The van der Waals surface area contributed by atoms with E-state index in [1.54, 1.807) is 6.08 Å². The van der Waals surface area contributed by atoms with Crippen molar-refractivity contribution < 1.29 is 9.59 Å². The van der Waals surface area contributed by atoms with E-state index in [1.165, 1.54) is 22.3 Å². The van der Waals surface area contributed by atoms with Gasteiger partial charge in [0.05, 0.1) is 0 Å². The third-order valence-corrected chi connectivity index (χ3v) is 4.11. The maximum absolute atomic E-state index is 11.3. The van der Waals surface area contributed by atoms with Crippen LogP contribution in [-0.4, -0.2) is 17.4 Å². The summed E-state index contributed by atoms with van der Waals surface area (Å²) in [6, 6.07) is 0. The minimum Gasteiger partial charge on any atom is -0.295 e. The Morgan fingerprint density at radius 2 is 1.56 bits per heavy atom. The van der Waals surface area contributed by atoms with Crippen LogP contribution in [0.5, 0.6) is 0 Å². The summed E-state index contributed by atoms with van der Waals surface area (Å²) in [4.78, 5) is 21.7. The molecule has 0 fully saturated rings. The number of hydrogen-bond acceptors (Lipinski definition) is 2. The Morgan fingerprint density at radius 1 is 0.960 bits per heavy atom. The number of ketones is 2. The van der Waals surface area contributed by atoms with Gasteiger partial charge in [-0.15, -0.1) is 11.6 Å². The Kier molecular flexibility index (Phi) is 12.2. The highest BCUT2D eigenvalue weighted by molar-refractivity contribution is 6.18. The van der Waals surface area contributed by atoms with Crippen LogP contribution in [0.15, 0.2) is 46.1 Å². The van der Waals surface area contributed by atoms with Crippen LogP contribution >= 0.6 is 11.6 Å². The molecule has 0 saturated carbocycles. The molecule has 0 aliphatic heterocycles. The van der Waals surface area contributed by atoms with Crippen molar-refractivity contribution in [2.45, 2.75) is 73.6 Å². The summed E-state index contributed by atoms with van der Waals surface area (Å²) in [6.45, 7) is 12.2. The van der Waals surface area contributed by atoms with Gasteiger partial charge in [0.15, 0.2) is 11.6 Å². The molecule has 25 heavy (non-hydrogen) atoms. The lowest BCUT2D eigenvalue weighted by molar-refractivity contribution is -0.115. The Labute approximate surface area is 158 Å². The highest BCUT2D eigenvalue weighted by atomic mass is 35.5. The summed E-state index contributed by atoms with van der Waals surface area (Å²) < 4.78 is 0. The highest BCUT2D eigenvalue weighted by Crippen LogP contribution is 2.25. The van der Waals surface area contributed by atoms with Crippen LogP contribution < -0.4 is 0 Å². The first-order valence-corrected chi connectivity index (χ1v) is 9.45. The van der Waals surface area contributed by atoms with E-state index in [-0.39, 0.29) is 5.78 Å². The molecular formula is C22H33ClO2. The van der Waals surface area contributed by atoms with Crippen LogP contribution in [0.2, 0.25) is 0 Å². The fourth-order valence-electron chi connectivity index (χ4n) is 2.33. The van der Waals surface area contributed by atoms with E-state index in [9.17, 15) is 9.59 Å². The molecule has 2 aliphatic carbocycles. The maximum Gasteiger partial charge on any atom is 0.159 e. The van der Waals surface area contributed by atoms with E-state index >= 15 is 0 Å². The number of Topliss-reactive ketones (excluding diaryl/α,β-unsaturated/α-hetero) is 1. The quantitative estimate of drug-likeness (QED) is 0.422. The lowest BCUT2D eigenvalue weighted by atomic mass is 10.1. The van der Waals surface area contributed by atoms with Crippen LogP contribution in [-0.2, 0) is 9.59 Å². The van der Waals surface area contributed by atoms with Gasteiger partial charge in [-0.2, -0.15) is 0 Å². The third kappa shape index (κ3) is 11.7. The second-order valence-corrected chi connectivity index (χ2v) is 7.37. The van der Waals surface area contributed by atoms with Gasteiger partial charge < -0.3 is 0 Å². The Morgan fingerprint density at radius 3 is 1.80 bits per heavy atom. The third-order valence-electron chi connectivity index (χ3n) is 3.95. The normalized spacial score (nSPS) is 15.7. The zero-order valence-electron chi connectivity index (χ0n) is 16.7. The molecule has 3 heteroatoms. The Balaban J connectivity index is 0.000000378. The van der Waals surface area contributed by atoms with Crippen LogP contribution in [0.3, 0.4) is 0 Å². The van der Waals surface area contributed by atoms with Gasteiger partial charge in [-0.3, -0.25) is 9.59 Å². The van der Waals surface area contributed by atoms with Crippen LogP contribution in [0.25, 0.3) is 0 Å². The summed E-state index contributed by atoms with van der Waals surface area (Å²) >= 11 is 5.32. The summed E-state index contributed by atoms with van der Waals surface area (Å²) in [5, 5.41) is 0. The average Bonchev–Trinajstić information content (AvgIpc) is 3.03. The first-order valence-electron chi connectivity index (χ1n) is 8.91. The Bertz CT molecular complexity index is 581. The fraction of sp³-hybridized carbons (Fsp3) is 0.545. The molecule has 0 bridgehead atoms. The molecule has 0 saturated heterocycles. The van der Waals surface area contributed by atoms with E-state index in [0.29, 0.717) is 11.7 Å². The molecule has 2 nitrogen and oxygen atoms in total. The van der Waals surface area contributed by atoms with Crippen molar-refractivity contribution in [1.82, 2.24) is 0 Å². The van der Waals surface area contributed by atoms with Gasteiger partial charge in [-0.1, -0.05) is 34.4 Å². The standard InChI is InChI=1S/C11H16O.C6H8O.C5H9Cl/c1-8(2)4-6-10-9(3)5-7-11(10)12;1-5-2-3-6(7)4-5;1-5(2)3-4-6/h4H,5-7H2,1-3H3;4H,2-3H2,1H3;3H,4H2,1-2H3. The summed E-state index contributed by atoms with van der Waals surface area (Å²) in [6.07, 6.45) is 10.1. The SMILES string of the molecule is CC(C)=CCC1=C(C)CCC1=O.CC(C)=CCCl.CC1=CC(=O)CC1. The van der Waals surface area contributed by atoms with Crippen LogP contribution in [0.4, 0.5) is 0 Å². The molecule has 0 aromatic carbocycles. The van der Waals surface area contributed by atoms with Gasteiger partial charge in [-0.25, -0.2) is 0 Å². The summed E-state index contributed by atoms with van der Waals surface area (Å²) in [7, 11) is 0. The largest absolute Gasteiger partial charge is 0.295 e. The number of alkyl halides is 1. The van der Waals surface area contributed by atoms with Gasteiger partial charge in [0.2, 0.25) is 0 Å². The van der Waals surface area contributed by atoms with Crippen molar-refractivity contribution >= 4 is 23.2 Å². The number of hydrogen-bond donors (Lipinski definition) is 0. The molecule has 0 atom stereocenters. The van der Waals surface area contributed by atoms with Gasteiger partial charge in [0.1, 0.15) is 0 Å². The molecule has 0 spiro atoms. The molecule has 140 valence electrons. The van der Waals surface area contributed by atoms with Crippen molar-refractivity contribution in [3.05, 3.63) is 46.1 Å². The number of allylic oxidation sites excluding steroid dienone is 8. The first kappa shape index (κ1) is 23.6. The van der Waals surface area contributed by atoms with Gasteiger partial charge in [0, 0.05) is 18.7 Å². The molecule has 0 N–H and O–H groups in total. The summed E-state index contributed by atoms with van der Waals surface area (Å²) in [5.74, 6) is 1.28. The van der Waals surface area contributed by atoms with Crippen LogP contribution in [0.1, 0.15) is 73.6 Å². The second-order valence-electron chi connectivity index (χ2n) is 7.06. The predicted octanol–water partition coefficient (Wildman–Crippen LogP) is 6.51. The minimum absolute atomic E-state index is 0.289. The molecule has 0 radical (unpaired) electrons. The van der Waals surface area contributed by atoms with Gasteiger partial charge >= 0.3 is 0 Å². The molecule has 2 rings (SSSR count). The average molecular weight is 365 g/mol. The monoisotopic (exact) mass is 364 g/mol. The molecule has 0 amide bonds. The number of rotatable bonds is 3. The number of carbonyl (C=O) groups is 2. The van der Waals surface area contributed by atoms with E-state index in [0.717, 1.165) is 37.7 Å². The number of carbonyl (C=O) groups excluding carboxylic acids is 2. The second kappa shape index (κ2) is 12.9. The molecular weight excluding hydrogens is 332 g/mol. The minimum atomic E-state index is 0.289. The van der Waals surface area contributed by atoms with E-state index in [2.05, 4.69) is 26.8 Å². The molecule has 0 aromatic rings. The highest BCUT2D eigenvalue weighted by Gasteiger charge is 2.18. The van der Waals surface area contributed by atoms with Gasteiger partial charge in [-0.05, 0) is 72.5 Å². The lowest BCUT2D eigenvalue weighted by Crippen LogP contribution is -1.94. The first-order chi connectivity index (χ1) is 11.7. The fourth-order valence-corrected chi connectivity index (χ4v) is 2.64. The van der Waals surface area contributed by atoms with E-state index < -0.39 is 0 Å². The predicted molar refractivity (Wildman–Crippen MR) is 109 cm³/mol. The molecule has 2 aliphatic rings. The van der Waals surface area contributed by atoms with Crippen LogP contribution in [0, 0.1) is 0 Å². The van der Waals surface area contributed by atoms with E-state index in [4.69, 9.17) is 11.6 Å². The lowest BCUT2D eigenvalue weighted by Gasteiger charge is -1.97. The molecule has 0 unspecified atom stereocenters. The van der Waals surface area contributed by atoms with Crippen molar-refractivity contribution in [3.63, 3.8) is 0 Å². The maximum atomic E-state index is 11.3. The van der Waals surface area contributed by atoms with E-state index in [1.807, 2.05) is 26.8 Å². The Hall–Kier alpha value is -1.41. The van der Waals surface area contributed by atoms with Crippen molar-refractivity contribution in [2.75, 3.05) is 5.88 Å². The molecule has 0 heterocycles. The zero-order chi connectivity index (χ0) is 19.4.